The predicted octanol–water partition coefficient (Wildman–Crippen LogP) is 3.17. The zero-order valence-electron chi connectivity index (χ0n) is 11.7. The van der Waals surface area contributed by atoms with E-state index in [1.54, 1.807) is 30.3 Å². The van der Waals surface area contributed by atoms with Crippen molar-refractivity contribution in [3.8, 4) is 0 Å². The minimum Gasteiger partial charge on any atom is -0.483 e. The molecule has 21 heavy (non-hydrogen) atoms. The van der Waals surface area contributed by atoms with Crippen molar-refractivity contribution in [1.82, 2.24) is 0 Å². The minimum atomic E-state index is -4.37. The third kappa shape index (κ3) is 6.20. The number of ether oxygens (including phenoxy) is 1. The summed E-state index contributed by atoms with van der Waals surface area (Å²) in [5.41, 5.74) is 6.02. The molecule has 1 rings (SSSR count). The van der Waals surface area contributed by atoms with Gasteiger partial charge in [0.25, 0.3) is 5.91 Å². The number of nitrogens with two attached hydrogens (primary N) is 1. The number of hydrogen-bond acceptors (Lipinski definition) is 3. The highest BCUT2D eigenvalue weighted by molar-refractivity contribution is 6.02. The summed E-state index contributed by atoms with van der Waals surface area (Å²) in [5, 5.41) is 2.51. The van der Waals surface area contributed by atoms with E-state index in [-0.39, 0.29) is 11.5 Å². The summed E-state index contributed by atoms with van der Waals surface area (Å²) < 4.78 is 41.9. The van der Waals surface area contributed by atoms with Gasteiger partial charge in [-0.05, 0) is 26.0 Å². The highest BCUT2D eigenvalue weighted by Gasteiger charge is 2.32. The van der Waals surface area contributed by atoms with Crippen molar-refractivity contribution in [2.24, 2.45) is 5.73 Å². The molecule has 0 saturated heterocycles. The lowest BCUT2D eigenvalue weighted by molar-refractivity contribution is -0.155. The second kappa shape index (κ2) is 7.01. The van der Waals surface area contributed by atoms with Crippen LogP contribution in [0.15, 0.2) is 41.8 Å². The zero-order chi connectivity index (χ0) is 16.0. The van der Waals surface area contributed by atoms with Gasteiger partial charge in [-0.1, -0.05) is 18.2 Å². The summed E-state index contributed by atoms with van der Waals surface area (Å²) in [6.45, 7) is 2.62. The number of carbonyl (C=O) groups is 1. The Morgan fingerprint density at radius 3 is 2.38 bits per heavy atom. The first-order valence-corrected chi connectivity index (χ1v) is 6.25. The summed E-state index contributed by atoms with van der Waals surface area (Å²) in [5.74, 6) is -0.995. The van der Waals surface area contributed by atoms with Gasteiger partial charge in [0.2, 0.25) is 5.76 Å². The summed E-state index contributed by atoms with van der Waals surface area (Å²) in [6, 6.07) is 8.46. The topological polar surface area (TPSA) is 64.3 Å². The molecule has 0 aliphatic heterocycles. The van der Waals surface area contributed by atoms with Gasteiger partial charge in [0.05, 0.1) is 12.1 Å². The lowest BCUT2D eigenvalue weighted by atomic mass is 10.2. The van der Waals surface area contributed by atoms with Crippen molar-refractivity contribution in [3.05, 3.63) is 41.8 Å². The van der Waals surface area contributed by atoms with Crippen molar-refractivity contribution in [2.75, 3.05) is 5.32 Å². The summed E-state index contributed by atoms with van der Waals surface area (Å²) >= 11 is 0. The second-order valence-corrected chi connectivity index (χ2v) is 4.58. The summed E-state index contributed by atoms with van der Waals surface area (Å²) in [6.07, 6.45) is -6.74. The number of amides is 1. The maximum absolute atomic E-state index is 12.3. The average Bonchev–Trinajstić information content (AvgIpc) is 2.34. The van der Waals surface area contributed by atoms with Crippen molar-refractivity contribution < 1.29 is 22.7 Å². The smallest absolute Gasteiger partial charge is 0.392 e. The summed E-state index contributed by atoms with van der Waals surface area (Å²) in [4.78, 5) is 12.0. The van der Waals surface area contributed by atoms with Crippen LogP contribution in [0, 0.1) is 0 Å². The molecule has 0 spiro atoms. The monoisotopic (exact) mass is 302 g/mol. The third-order valence-electron chi connectivity index (χ3n) is 2.43. The van der Waals surface area contributed by atoms with Gasteiger partial charge in [0, 0.05) is 5.69 Å². The molecule has 1 unspecified atom stereocenters. The first kappa shape index (κ1) is 16.9. The van der Waals surface area contributed by atoms with Gasteiger partial charge in [-0.25, -0.2) is 0 Å². The zero-order valence-corrected chi connectivity index (χ0v) is 11.7. The van der Waals surface area contributed by atoms with E-state index in [1.807, 2.05) is 0 Å². The van der Waals surface area contributed by atoms with Crippen LogP contribution in [0.5, 0.6) is 0 Å². The van der Waals surface area contributed by atoms with Gasteiger partial charge in [-0.3, -0.25) is 4.79 Å². The van der Waals surface area contributed by atoms with Crippen molar-refractivity contribution in [3.63, 3.8) is 0 Å². The normalized spacial score (nSPS) is 14.1. The van der Waals surface area contributed by atoms with Crippen LogP contribution in [-0.2, 0) is 9.53 Å². The Kier molecular flexibility index (Phi) is 5.63. The molecule has 0 heterocycles. The highest BCUT2D eigenvalue weighted by Crippen LogP contribution is 2.24. The average molecular weight is 302 g/mol. The van der Waals surface area contributed by atoms with Gasteiger partial charge >= 0.3 is 6.18 Å². The van der Waals surface area contributed by atoms with Gasteiger partial charge < -0.3 is 15.8 Å². The molecule has 3 N–H and O–H groups in total. The van der Waals surface area contributed by atoms with Gasteiger partial charge in [-0.2, -0.15) is 13.2 Å². The molecule has 1 amide bonds. The van der Waals surface area contributed by atoms with Crippen LogP contribution in [-0.4, -0.2) is 18.2 Å². The Bertz CT molecular complexity index is 509. The molecule has 0 radical (unpaired) electrons. The number of carbonyl (C=O) groups excluding carboxylic acids is 1. The van der Waals surface area contributed by atoms with Crippen LogP contribution in [0.1, 0.15) is 20.3 Å². The van der Waals surface area contributed by atoms with E-state index < -0.39 is 24.6 Å². The lowest BCUT2D eigenvalue weighted by Gasteiger charge is -2.19. The van der Waals surface area contributed by atoms with Crippen LogP contribution in [0.4, 0.5) is 18.9 Å². The van der Waals surface area contributed by atoms with Crippen LogP contribution in [0.3, 0.4) is 0 Å². The maximum Gasteiger partial charge on any atom is 0.392 e. The van der Waals surface area contributed by atoms with Gasteiger partial charge in [-0.15, -0.1) is 0 Å². The predicted molar refractivity (Wildman–Crippen MR) is 73.2 cm³/mol. The number of nitrogens with one attached hydrogen (secondary N) is 1. The number of benzene rings is 1. The molecule has 1 aromatic rings. The molecular formula is C14H17F3N2O2. The molecular weight excluding hydrogens is 285 g/mol. The molecule has 1 atom stereocenters. The Morgan fingerprint density at radius 2 is 1.90 bits per heavy atom. The van der Waals surface area contributed by atoms with Crippen LogP contribution >= 0.6 is 0 Å². The number of anilines is 1. The van der Waals surface area contributed by atoms with Crippen LogP contribution in [0.25, 0.3) is 0 Å². The first-order chi connectivity index (χ1) is 9.69. The Labute approximate surface area is 120 Å². The minimum absolute atomic E-state index is 0.0115. The van der Waals surface area contributed by atoms with E-state index in [0.29, 0.717) is 5.69 Å². The number of halogens is 3. The Balaban J connectivity index is 2.75. The standard InChI is InChI=1S/C14H17F3N2O2/c1-9(8-14(15,16)17)21-12(10(2)18)13(20)19-11-6-4-3-5-7-11/h3-7,9H,8,18H2,1-2H3,(H,19,20)/b12-10-. The number of alkyl halides is 3. The number of rotatable bonds is 5. The van der Waals surface area contributed by atoms with E-state index in [2.05, 4.69) is 5.32 Å². The Morgan fingerprint density at radius 1 is 1.33 bits per heavy atom. The molecule has 0 fully saturated rings. The molecule has 0 saturated carbocycles. The number of para-hydroxylation sites is 1. The van der Waals surface area contributed by atoms with Crippen molar-refractivity contribution >= 4 is 11.6 Å². The van der Waals surface area contributed by atoms with Crippen molar-refractivity contribution in [1.29, 1.82) is 0 Å². The van der Waals surface area contributed by atoms with E-state index in [4.69, 9.17) is 10.5 Å². The van der Waals surface area contributed by atoms with Gasteiger partial charge in [0.15, 0.2) is 0 Å². The number of hydrogen-bond donors (Lipinski definition) is 2. The van der Waals surface area contributed by atoms with E-state index >= 15 is 0 Å². The quantitative estimate of drug-likeness (QED) is 0.648. The third-order valence-corrected chi connectivity index (χ3v) is 2.43. The first-order valence-electron chi connectivity index (χ1n) is 6.25. The molecule has 1 aromatic carbocycles. The fraction of sp³-hybridized carbons (Fsp3) is 0.357. The van der Waals surface area contributed by atoms with Crippen LogP contribution < -0.4 is 11.1 Å². The molecule has 7 heteroatoms. The molecule has 4 nitrogen and oxygen atoms in total. The molecule has 0 aliphatic carbocycles. The highest BCUT2D eigenvalue weighted by atomic mass is 19.4. The summed E-state index contributed by atoms with van der Waals surface area (Å²) in [7, 11) is 0. The van der Waals surface area contributed by atoms with E-state index in [1.165, 1.54) is 13.8 Å². The molecule has 116 valence electrons. The van der Waals surface area contributed by atoms with E-state index in [0.717, 1.165) is 0 Å². The second-order valence-electron chi connectivity index (χ2n) is 4.58. The molecule has 0 aliphatic rings. The number of allylic oxidation sites excluding steroid dienone is 1. The van der Waals surface area contributed by atoms with Crippen molar-refractivity contribution in [2.45, 2.75) is 32.5 Å². The van der Waals surface area contributed by atoms with Gasteiger partial charge in [0.1, 0.15) is 6.10 Å². The molecule has 0 aromatic heterocycles. The Hall–Kier alpha value is -2.18. The lowest BCUT2D eigenvalue weighted by Crippen LogP contribution is -2.26. The largest absolute Gasteiger partial charge is 0.483 e. The SMILES string of the molecule is C/C(N)=C(/OC(C)CC(F)(F)F)C(=O)Nc1ccccc1. The fourth-order valence-electron chi connectivity index (χ4n) is 1.60. The maximum atomic E-state index is 12.3. The van der Waals surface area contributed by atoms with Crippen LogP contribution in [0.2, 0.25) is 0 Å². The fourth-order valence-corrected chi connectivity index (χ4v) is 1.60. The molecule has 0 bridgehead atoms. The van der Waals surface area contributed by atoms with E-state index in [9.17, 15) is 18.0 Å².